The molecule has 4 rings (SSSR count). The second-order valence-corrected chi connectivity index (χ2v) is 8.90. The lowest BCUT2D eigenvalue weighted by Crippen LogP contribution is -2.38. The first-order valence-electron chi connectivity index (χ1n) is 9.99. The van der Waals surface area contributed by atoms with E-state index in [9.17, 15) is 17.6 Å². The lowest BCUT2D eigenvalue weighted by Gasteiger charge is -2.25. The molecular formula is C23H21FN2O6S. The molecule has 3 aromatic carbocycles. The molecule has 8 nitrogen and oxygen atoms in total. The minimum absolute atomic E-state index is 0.0961. The minimum Gasteiger partial charge on any atom is -0.495 e. The van der Waals surface area contributed by atoms with E-state index in [0.717, 1.165) is 16.4 Å². The topological polar surface area (TPSA) is 94.2 Å². The van der Waals surface area contributed by atoms with Gasteiger partial charge in [-0.2, -0.15) is 0 Å². The van der Waals surface area contributed by atoms with Gasteiger partial charge in [-0.05, 0) is 48.5 Å². The summed E-state index contributed by atoms with van der Waals surface area (Å²) in [6, 6.07) is 15.8. The van der Waals surface area contributed by atoms with Crippen LogP contribution in [0.5, 0.6) is 17.2 Å². The van der Waals surface area contributed by atoms with Crippen LogP contribution < -0.4 is 23.8 Å². The summed E-state index contributed by atoms with van der Waals surface area (Å²) in [5.74, 6) is 0.00928. The van der Waals surface area contributed by atoms with Gasteiger partial charge in [0.25, 0.3) is 10.0 Å². The zero-order valence-electron chi connectivity index (χ0n) is 17.7. The molecule has 172 valence electrons. The van der Waals surface area contributed by atoms with Gasteiger partial charge in [-0.15, -0.1) is 0 Å². The predicted molar refractivity (Wildman–Crippen MR) is 120 cm³/mol. The fraction of sp³-hybridized carbons (Fsp3) is 0.174. The maximum absolute atomic E-state index is 13.5. The fourth-order valence-electron chi connectivity index (χ4n) is 3.30. The zero-order valence-corrected chi connectivity index (χ0v) is 18.5. The number of methoxy groups -OCH3 is 1. The summed E-state index contributed by atoms with van der Waals surface area (Å²) < 4.78 is 57.7. The molecule has 0 aliphatic carbocycles. The Morgan fingerprint density at radius 1 is 1.03 bits per heavy atom. The number of amides is 1. The summed E-state index contributed by atoms with van der Waals surface area (Å²) in [6.07, 6.45) is 0. The number of para-hydroxylation sites is 2. The van der Waals surface area contributed by atoms with Crippen LogP contribution in [0.15, 0.2) is 71.6 Å². The first kappa shape index (κ1) is 22.4. The van der Waals surface area contributed by atoms with Crippen molar-refractivity contribution >= 4 is 27.3 Å². The van der Waals surface area contributed by atoms with E-state index in [1.807, 2.05) is 0 Å². The highest BCUT2D eigenvalue weighted by molar-refractivity contribution is 7.92. The molecule has 1 aliphatic heterocycles. The molecule has 0 saturated heterocycles. The first-order valence-corrected chi connectivity index (χ1v) is 11.4. The molecule has 0 saturated carbocycles. The summed E-state index contributed by atoms with van der Waals surface area (Å²) in [5, 5.41) is 2.66. The molecule has 1 N–H and O–H groups in total. The molecule has 0 bridgehead atoms. The number of rotatable bonds is 7. The van der Waals surface area contributed by atoms with Crippen LogP contribution in [-0.4, -0.2) is 41.2 Å². The number of benzene rings is 3. The standard InChI is InChI=1S/C23H21FN2O6S/c1-30-20-5-3-2-4-19(20)25-23(27)15-26(17-8-6-16(24)7-9-17)33(28,29)18-10-11-21-22(14-18)32-13-12-31-21/h2-11,14H,12-13,15H2,1H3,(H,25,27). The van der Waals surface area contributed by atoms with E-state index in [2.05, 4.69) is 5.32 Å². The Morgan fingerprint density at radius 3 is 2.45 bits per heavy atom. The smallest absolute Gasteiger partial charge is 0.264 e. The number of hydrogen-bond acceptors (Lipinski definition) is 6. The van der Waals surface area contributed by atoms with Gasteiger partial charge in [-0.25, -0.2) is 12.8 Å². The van der Waals surface area contributed by atoms with Gasteiger partial charge in [0.1, 0.15) is 31.3 Å². The molecular weight excluding hydrogens is 451 g/mol. The third-order valence-corrected chi connectivity index (χ3v) is 6.65. The summed E-state index contributed by atoms with van der Waals surface area (Å²) in [7, 11) is -2.76. The van der Waals surface area contributed by atoms with Crippen molar-refractivity contribution in [1.82, 2.24) is 0 Å². The summed E-state index contributed by atoms with van der Waals surface area (Å²) >= 11 is 0. The lowest BCUT2D eigenvalue weighted by atomic mass is 10.3. The van der Waals surface area contributed by atoms with Crippen LogP contribution in [0.3, 0.4) is 0 Å². The van der Waals surface area contributed by atoms with Crippen molar-refractivity contribution in [3.8, 4) is 17.2 Å². The van der Waals surface area contributed by atoms with Gasteiger partial charge < -0.3 is 19.5 Å². The van der Waals surface area contributed by atoms with Gasteiger partial charge in [-0.3, -0.25) is 9.10 Å². The number of carbonyl (C=O) groups excluding carboxylic acids is 1. The number of carbonyl (C=O) groups is 1. The number of nitrogens with one attached hydrogen (secondary N) is 1. The second-order valence-electron chi connectivity index (χ2n) is 7.04. The van der Waals surface area contributed by atoms with Gasteiger partial charge in [-0.1, -0.05) is 12.1 Å². The van der Waals surface area contributed by atoms with E-state index in [1.54, 1.807) is 24.3 Å². The highest BCUT2D eigenvalue weighted by atomic mass is 32.2. The number of ether oxygens (including phenoxy) is 3. The Kier molecular flexibility index (Phi) is 6.36. The van der Waals surface area contributed by atoms with E-state index >= 15 is 0 Å². The molecule has 10 heteroatoms. The van der Waals surface area contributed by atoms with Crippen molar-refractivity contribution in [3.05, 3.63) is 72.5 Å². The molecule has 1 heterocycles. The first-order chi connectivity index (χ1) is 15.9. The normalized spacial score (nSPS) is 12.7. The molecule has 1 aliphatic rings. The van der Waals surface area contributed by atoms with E-state index in [-0.39, 0.29) is 10.6 Å². The van der Waals surface area contributed by atoms with Crippen molar-refractivity contribution in [1.29, 1.82) is 0 Å². The van der Waals surface area contributed by atoms with Crippen LogP contribution in [0, 0.1) is 5.82 Å². The van der Waals surface area contributed by atoms with E-state index in [0.29, 0.717) is 36.1 Å². The lowest BCUT2D eigenvalue weighted by molar-refractivity contribution is -0.114. The molecule has 0 aromatic heterocycles. The number of sulfonamides is 1. The number of anilines is 2. The molecule has 33 heavy (non-hydrogen) atoms. The van der Waals surface area contributed by atoms with Crippen LogP contribution in [0.4, 0.5) is 15.8 Å². The Bertz CT molecular complexity index is 1260. The average molecular weight is 472 g/mol. The van der Waals surface area contributed by atoms with Crippen LogP contribution in [0.25, 0.3) is 0 Å². The second kappa shape index (κ2) is 9.37. The molecule has 0 radical (unpaired) electrons. The van der Waals surface area contributed by atoms with Crippen molar-refractivity contribution in [2.24, 2.45) is 0 Å². The molecule has 0 spiro atoms. The van der Waals surface area contributed by atoms with Crippen molar-refractivity contribution in [2.45, 2.75) is 4.90 Å². The Morgan fingerprint density at radius 2 is 1.73 bits per heavy atom. The van der Waals surface area contributed by atoms with Gasteiger partial charge in [0.05, 0.1) is 23.4 Å². The third-order valence-electron chi connectivity index (χ3n) is 4.88. The van der Waals surface area contributed by atoms with Crippen LogP contribution in [0.2, 0.25) is 0 Å². The fourth-order valence-corrected chi connectivity index (χ4v) is 4.74. The van der Waals surface area contributed by atoms with Gasteiger partial charge >= 0.3 is 0 Å². The van der Waals surface area contributed by atoms with Crippen LogP contribution in [0.1, 0.15) is 0 Å². The Balaban J connectivity index is 1.67. The highest BCUT2D eigenvalue weighted by Crippen LogP contribution is 2.34. The number of fused-ring (bicyclic) bond motifs is 1. The van der Waals surface area contributed by atoms with E-state index in [4.69, 9.17) is 14.2 Å². The minimum atomic E-state index is -4.22. The number of halogens is 1. The molecule has 0 fully saturated rings. The van der Waals surface area contributed by atoms with Gasteiger partial charge in [0.2, 0.25) is 5.91 Å². The Labute approximate surface area is 190 Å². The van der Waals surface area contributed by atoms with Gasteiger partial charge in [0.15, 0.2) is 11.5 Å². The SMILES string of the molecule is COc1ccccc1NC(=O)CN(c1ccc(F)cc1)S(=O)(=O)c1ccc2c(c1)OCCO2. The van der Waals surface area contributed by atoms with E-state index < -0.39 is 28.3 Å². The average Bonchev–Trinajstić information content (AvgIpc) is 2.83. The van der Waals surface area contributed by atoms with Crippen molar-refractivity contribution in [3.63, 3.8) is 0 Å². The van der Waals surface area contributed by atoms with Crippen LogP contribution >= 0.6 is 0 Å². The maximum Gasteiger partial charge on any atom is 0.264 e. The summed E-state index contributed by atoms with van der Waals surface area (Å²) in [6.45, 7) is 0.101. The third kappa shape index (κ3) is 4.85. The maximum atomic E-state index is 13.5. The molecule has 0 unspecified atom stereocenters. The number of hydrogen-bond donors (Lipinski definition) is 1. The predicted octanol–water partition coefficient (Wildman–Crippen LogP) is 3.44. The quantitative estimate of drug-likeness (QED) is 0.566. The molecule has 3 aromatic rings. The summed E-state index contributed by atoms with van der Waals surface area (Å²) in [5.41, 5.74) is 0.516. The Hall–Kier alpha value is -3.79. The zero-order chi connectivity index (χ0) is 23.4. The highest BCUT2D eigenvalue weighted by Gasteiger charge is 2.29. The van der Waals surface area contributed by atoms with E-state index in [1.165, 1.54) is 37.4 Å². The summed E-state index contributed by atoms with van der Waals surface area (Å²) in [4.78, 5) is 12.8. The molecule has 1 amide bonds. The van der Waals surface area contributed by atoms with Crippen LogP contribution in [-0.2, 0) is 14.8 Å². The van der Waals surface area contributed by atoms with Gasteiger partial charge in [0, 0.05) is 6.07 Å². The molecule has 0 atom stereocenters. The monoisotopic (exact) mass is 472 g/mol. The number of nitrogens with zero attached hydrogens (tertiary/aromatic N) is 1. The van der Waals surface area contributed by atoms with Crippen molar-refractivity contribution in [2.75, 3.05) is 36.5 Å². The largest absolute Gasteiger partial charge is 0.495 e. The van der Waals surface area contributed by atoms with Crippen molar-refractivity contribution < 1.29 is 31.8 Å².